The van der Waals surface area contributed by atoms with Crippen LogP contribution in [0.2, 0.25) is 0 Å². The summed E-state index contributed by atoms with van der Waals surface area (Å²) >= 11 is 3.03. The average Bonchev–Trinajstić information content (AvgIpc) is 2.75. The van der Waals surface area contributed by atoms with Gasteiger partial charge >= 0.3 is 0 Å². The second-order valence-electron chi connectivity index (χ2n) is 2.13. The van der Waals surface area contributed by atoms with Gasteiger partial charge in [0.25, 0.3) is 0 Å². The molecule has 0 aliphatic carbocycles. The summed E-state index contributed by atoms with van der Waals surface area (Å²) in [5.74, 6) is 0. The molecular formula is C7H6N2OS2. The number of thiazole rings is 2. The summed E-state index contributed by atoms with van der Waals surface area (Å²) in [6, 6.07) is 0. The quantitative estimate of drug-likeness (QED) is 0.799. The molecule has 3 nitrogen and oxygen atoms in total. The summed E-state index contributed by atoms with van der Waals surface area (Å²) in [7, 11) is 0. The average molecular weight is 198 g/mol. The fraction of sp³-hybridized carbons (Fsp3) is 0.143. The molecule has 0 spiro atoms. The molecule has 5 heteroatoms. The predicted octanol–water partition coefficient (Wildman–Crippen LogP) is 1.76. The molecule has 0 aliphatic rings. The highest BCUT2D eigenvalue weighted by atomic mass is 32.1. The summed E-state index contributed by atoms with van der Waals surface area (Å²) in [6.07, 6.45) is 3.43. The van der Waals surface area contributed by atoms with Gasteiger partial charge in [-0.2, -0.15) is 0 Å². The molecule has 2 aromatic rings. The molecule has 0 amide bonds. The first-order valence-electron chi connectivity index (χ1n) is 3.35. The van der Waals surface area contributed by atoms with Crippen LogP contribution < -0.4 is 0 Å². The van der Waals surface area contributed by atoms with Gasteiger partial charge in [-0.1, -0.05) is 0 Å². The van der Waals surface area contributed by atoms with Crippen LogP contribution in [0.25, 0.3) is 10.0 Å². The molecule has 2 heterocycles. The normalized spacial score (nSPS) is 10.4. The third kappa shape index (κ3) is 1.38. The van der Waals surface area contributed by atoms with Crippen LogP contribution in [-0.4, -0.2) is 15.1 Å². The molecule has 0 radical (unpaired) electrons. The van der Waals surface area contributed by atoms with Crippen LogP contribution in [0.4, 0.5) is 0 Å². The minimum absolute atomic E-state index is 0.0586. The Morgan fingerprint density at radius 1 is 1.33 bits per heavy atom. The van der Waals surface area contributed by atoms with Crippen LogP contribution in [0.1, 0.15) is 4.88 Å². The Morgan fingerprint density at radius 3 is 2.83 bits per heavy atom. The number of nitrogens with zero attached hydrogens (tertiary/aromatic N) is 2. The van der Waals surface area contributed by atoms with Gasteiger partial charge in [-0.15, -0.1) is 22.7 Å². The number of hydrogen-bond donors (Lipinski definition) is 1. The van der Waals surface area contributed by atoms with E-state index in [1.807, 2.05) is 5.38 Å². The molecule has 2 rings (SSSR count). The molecule has 1 N–H and O–H groups in total. The van der Waals surface area contributed by atoms with Crippen LogP contribution in [0.5, 0.6) is 0 Å². The van der Waals surface area contributed by atoms with Crippen molar-refractivity contribution in [3.05, 3.63) is 22.7 Å². The fourth-order valence-electron chi connectivity index (χ4n) is 0.809. The summed E-state index contributed by atoms with van der Waals surface area (Å²) in [4.78, 5) is 9.13. The van der Waals surface area contributed by atoms with Crippen molar-refractivity contribution in [3.8, 4) is 10.0 Å². The summed E-state index contributed by atoms with van der Waals surface area (Å²) < 4.78 is 0. The van der Waals surface area contributed by atoms with Gasteiger partial charge in [0, 0.05) is 17.8 Å². The third-order valence-corrected chi connectivity index (χ3v) is 3.22. The van der Waals surface area contributed by atoms with E-state index >= 15 is 0 Å². The van der Waals surface area contributed by atoms with Crippen molar-refractivity contribution in [2.75, 3.05) is 0 Å². The summed E-state index contributed by atoms with van der Waals surface area (Å²) in [5.41, 5.74) is 0. The summed E-state index contributed by atoms with van der Waals surface area (Å²) in [5, 5.41) is 12.5. The smallest absolute Gasteiger partial charge is 0.152 e. The van der Waals surface area contributed by atoms with Crippen LogP contribution in [0.15, 0.2) is 17.8 Å². The molecular weight excluding hydrogens is 192 g/mol. The number of aliphatic hydroxyl groups excluding tert-OH is 1. The van der Waals surface area contributed by atoms with Gasteiger partial charge in [-0.05, 0) is 0 Å². The third-order valence-electron chi connectivity index (χ3n) is 1.32. The SMILES string of the molecule is OCc1cnc(-c2nccs2)s1. The van der Waals surface area contributed by atoms with Gasteiger partial charge in [-0.3, -0.25) is 0 Å². The van der Waals surface area contributed by atoms with Gasteiger partial charge < -0.3 is 5.11 Å². The van der Waals surface area contributed by atoms with Crippen molar-refractivity contribution in [2.24, 2.45) is 0 Å². The van der Waals surface area contributed by atoms with Crippen LogP contribution in [0.3, 0.4) is 0 Å². The largest absolute Gasteiger partial charge is 0.391 e. The van der Waals surface area contributed by atoms with E-state index in [0.29, 0.717) is 0 Å². The lowest BCUT2D eigenvalue weighted by atomic mass is 10.6. The van der Waals surface area contributed by atoms with E-state index in [0.717, 1.165) is 14.9 Å². The molecule has 0 saturated heterocycles. The fourth-order valence-corrected chi connectivity index (χ4v) is 2.27. The lowest BCUT2D eigenvalue weighted by Gasteiger charge is -1.84. The monoisotopic (exact) mass is 198 g/mol. The second-order valence-corrected chi connectivity index (χ2v) is 4.14. The molecule has 0 aromatic carbocycles. The molecule has 0 unspecified atom stereocenters. The van der Waals surface area contributed by atoms with Gasteiger partial charge in [0.15, 0.2) is 10.0 Å². The maximum atomic E-state index is 8.80. The van der Waals surface area contributed by atoms with Gasteiger partial charge in [-0.25, -0.2) is 9.97 Å². The predicted molar refractivity (Wildman–Crippen MR) is 49.1 cm³/mol. The first-order valence-corrected chi connectivity index (χ1v) is 5.05. The van der Waals surface area contributed by atoms with E-state index in [1.165, 1.54) is 11.3 Å². The highest BCUT2D eigenvalue weighted by Crippen LogP contribution is 2.26. The van der Waals surface area contributed by atoms with Gasteiger partial charge in [0.2, 0.25) is 0 Å². The zero-order chi connectivity index (χ0) is 8.39. The Balaban J connectivity index is 2.35. The molecule has 0 fully saturated rings. The van der Waals surface area contributed by atoms with Crippen molar-refractivity contribution >= 4 is 22.7 Å². The second kappa shape index (κ2) is 3.30. The van der Waals surface area contributed by atoms with Crippen LogP contribution in [0, 0.1) is 0 Å². The number of rotatable bonds is 2. The van der Waals surface area contributed by atoms with Crippen LogP contribution in [-0.2, 0) is 6.61 Å². The number of aliphatic hydroxyl groups is 1. The van der Waals surface area contributed by atoms with E-state index in [2.05, 4.69) is 9.97 Å². The number of hydrogen-bond acceptors (Lipinski definition) is 5. The van der Waals surface area contributed by atoms with E-state index in [-0.39, 0.29) is 6.61 Å². The zero-order valence-corrected chi connectivity index (χ0v) is 7.73. The molecule has 12 heavy (non-hydrogen) atoms. The van der Waals surface area contributed by atoms with E-state index in [1.54, 1.807) is 23.7 Å². The lowest BCUT2D eigenvalue weighted by Crippen LogP contribution is -1.70. The van der Waals surface area contributed by atoms with E-state index in [9.17, 15) is 0 Å². The molecule has 0 saturated carbocycles. The maximum Gasteiger partial charge on any atom is 0.152 e. The molecule has 0 bridgehead atoms. The Morgan fingerprint density at radius 2 is 2.25 bits per heavy atom. The van der Waals surface area contributed by atoms with Gasteiger partial charge in [0.05, 0.1) is 11.5 Å². The molecule has 0 atom stereocenters. The van der Waals surface area contributed by atoms with Crippen molar-refractivity contribution in [1.29, 1.82) is 0 Å². The molecule has 62 valence electrons. The first kappa shape index (κ1) is 7.85. The highest BCUT2D eigenvalue weighted by Gasteiger charge is 2.05. The van der Waals surface area contributed by atoms with Crippen LogP contribution >= 0.6 is 22.7 Å². The Bertz CT molecular complexity index is 355. The standard InChI is InChI=1S/C7H6N2OS2/c10-4-5-3-9-7(12-5)6-8-1-2-11-6/h1-3,10H,4H2. The van der Waals surface area contributed by atoms with E-state index in [4.69, 9.17) is 5.11 Å². The Hall–Kier alpha value is -0.780. The van der Waals surface area contributed by atoms with Crippen molar-refractivity contribution in [1.82, 2.24) is 9.97 Å². The molecule has 0 aliphatic heterocycles. The Labute approximate surface area is 77.4 Å². The van der Waals surface area contributed by atoms with E-state index < -0.39 is 0 Å². The minimum atomic E-state index is 0.0586. The van der Waals surface area contributed by atoms with Crippen molar-refractivity contribution in [2.45, 2.75) is 6.61 Å². The maximum absolute atomic E-state index is 8.80. The lowest BCUT2D eigenvalue weighted by molar-refractivity contribution is 0.285. The Kier molecular flexibility index (Phi) is 2.16. The topological polar surface area (TPSA) is 46.0 Å². The minimum Gasteiger partial charge on any atom is -0.391 e. The summed E-state index contributed by atoms with van der Waals surface area (Å²) in [6.45, 7) is 0.0586. The molecule has 2 aromatic heterocycles. The highest BCUT2D eigenvalue weighted by molar-refractivity contribution is 7.20. The number of aromatic nitrogens is 2. The van der Waals surface area contributed by atoms with Gasteiger partial charge in [0.1, 0.15) is 0 Å². The van der Waals surface area contributed by atoms with Crippen molar-refractivity contribution < 1.29 is 5.11 Å². The first-order chi connectivity index (χ1) is 5.90. The van der Waals surface area contributed by atoms with Crippen molar-refractivity contribution in [3.63, 3.8) is 0 Å². The zero-order valence-electron chi connectivity index (χ0n) is 6.10.